The van der Waals surface area contributed by atoms with Crippen LogP contribution >= 0.6 is 11.3 Å². The summed E-state index contributed by atoms with van der Waals surface area (Å²) >= 11 is 1.11. The zero-order valence-electron chi connectivity index (χ0n) is 22.9. The van der Waals surface area contributed by atoms with Gasteiger partial charge < -0.3 is 20.4 Å². The van der Waals surface area contributed by atoms with E-state index in [4.69, 9.17) is 0 Å². The van der Waals surface area contributed by atoms with E-state index in [0.717, 1.165) is 35.4 Å². The Labute approximate surface area is 235 Å². The van der Waals surface area contributed by atoms with Gasteiger partial charge >= 0.3 is 6.03 Å². The number of hydrogen-bond acceptors (Lipinski definition) is 6. The number of likely N-dealkylation sites (N-methyl/N-ethyl adjacent to an activating group) is 1. The molecule has 2 aliphatic heterocycles. The highest BCUT2D eigenvalue weighted by atomic mass is 32.2. The van der Waals surface area contributed by atoms with Crippen molar-refractivity contribution in [1.29, 1.82) is 0 Å². The van der Waals surface area contributed by atoms with Gasteiger partial charge in [-0.2, -0.15) is 4.31 Å². The first-order chi connectivity index (χ1) is 18.8. The largest absolute Gasteiger partial charge is 0.364 e. The average molecular weight is 572 g/mol. The van der Waals surface area contributed by atoms with Gasteiger partial charge in [-0.25, -0.2) is 13.2 Å². The molecule has 3 amide bonds. The number of rotatable bonds is 6. The lowest BCUT2D eigenvalue weighted by molar-refractivity contribution is -0.125. The molecule has 0 saturated carbocycles. The summed E-state index contributed by atoms with van der Waals surface area (Å²) in [5, 5.41) is 7.41. The minimum Gasteiger partial charge on any atom is -0.364 e. The number of nitrogens with one attached hydrogen (secondary N) is 2. The molecule has 2 atom stereocenters. The van der Waals surface area contributed by atoms with E-state index in [0.29, 0.717) is 12.2 Å². The summed E-state index contributed by atoms with van der Waals surface area (Å²) in [6.45, 7) is 9.49. The molecule has 9 nitrogen and oxygen atoms in total. The molecular formula is C28H37N5O4S2. The number of para-hydroxylation sites is 1. The summed E-state index contributed by atoms with van der Waals surface area (Å²) in [7, 11) is -3.89. The average Bonchev–Trinajstić information content (AvgIpc) is 3.61. The number of carbonyl (C=O) groups excluding carboxylic acids is 2. The van der Waals surface area contributed by atoms with Crippen LogP contribution < -0.4 is 15.5 Å². The molecule has 1 fully saturated rings. The lowest BCUT2D eigenvalue weighted by atomic mass is 9.94. The zero-order valence-corrected chi connectivity index (χ0v) is 24.5. The second-order valence-corrected chi connectivity index (χ2v) is 12.2. The highest BCUT2D eigenvalue weighted by molar-refractivity contribution is 7.91. The Morgan fingerprint density at radius 2 is 1.85 bits per heavy atom. The van der Waals surface area contributed by atoms with Crippen molar-refractivity contribution in [2.24, 2.45) is 0 Å². The number of allylic oxidation sites excluding steroid dienone is 1. The number of piperazine rings is 1. The van der Waals surface area contributed by atoms with Crippen LogP contribution in [0.1, 0.15) is 39.7 Å². The normalized spacial score (nSPS) is 20.6. The summed E-state index contributed by atoms with van der Waals surface area (Å²) in [5.74, 6) is -0.450. The van der Waals surface area contributed by atoms with E-state index in [9.17, 15) is 18.0 Å². The van der Waals surface area contributed by atoms with E-state index in [1.54, 1.807) is 11.4 Å². The predicted molar refractivity (Wildman–Crippen MR) is 156 cm³/mol. The Morgan fingerprint density at radius 1 is 1.08 bits per heavy atom. The van der Waals surface area contributed by atoms with Crippen molar-refractivity contribution in [3.63, 3.8) is 0 Å². The Kier molecular flexibility index (Phi) is 9.14. The minimum absolute atomic E-state index is 0.0266. The van der Waals surface area contributed by atoms with Crippen molar-refractivity contribution in [2.45, 2.75) is 50.4 Å². The fourth-order valence-corrected chi connectivity index (χ4v) is 8.01. The molecule has 0 bridgehead atoms. The quantitative estimate of drug-likeness (QED) is 0.548. The molecular weight excluding hydrogens is 534 g/mol. The van der Waals surface area contributed by atoms with Crippen LogP contribution in [-0.4, -0.2) is 74.4 Å². The standard InChI is InChI=1S/C26H31N5O4S2.C2H6/c1-3-27-26(33)29-13-14-31(37(34,35)24-10-7-15-36-24)23(17-29)25(32)28-18-11-12-22-20(16-18)19-8-5-6-9-21(19)30(22)4-2;1-2/h5-11,15-16,22-23H,3-4,12-14,17H2,1-2H3,(H,27,33)(H,28,32);1-2H3. The summed E-state index contributed by atoms with van der Waals surface area (Å²) < 4.78 is 28.2. The number of sulfonamides is 1. The van der Waals surface area contributed by atoms with Crippen molar-refractivity contribution >= 4 is 44.6 Å². The molecule has 0 radical (unpaired) electrons. The van der Waals surface area contributed by atoms with Crippen LogP contribution in [0.2, 0.25) is 0 Å². The summed E-state index contributed by atoms with van der Waals surface area (Å²) in [4.78, 5) is 30.0. The van der Waals surface area contributed by atoms with Crippen LogP contribution in [0.5, 0.6) is 0 Å². The maximum absolute atomic E-state index is 13.6. The highest BCUT2D eigenvalue weighted by Crippen LogP contribution is 2.43. The summed E-state index contributed by atoms with van der Waals surface area (Å²) in [5.41, 5.74) is 4.12. The SMILES string of the molecule is CC.CCNC(=O)N1CCN(S(=O)(=O)c2cccs2)C(C(=O)NC2=CCC3C(=C2)c2ccccc2N3CC)C1. The number of anilines is 1. The van der Waals surface area contributed by atoms with Gasteiger partial charge in [0.05, 0.1) is 6.04 Å². The Balaban J connectivity index is 0.00000172. The van der Waals surface area contributed by atoms with Crippen LogP contribution in [0.4, 0.5) is 10.5 Å². The summed E-state index contributed by atoms with van der Waals surface area (Å²) in [6.07, 6.45) is 4.71. The van der Waals surface area contributed by atoms with E-state index in [1.165, 1.54) is 21.0 Å². The van der Waals surface area contributed by atoms with Crippen LogP contribution in [0.25, 0.3) is 5.57 Å². The summed E-state index contributed by atoms with van der Waals surface area (Å²) in [6, 6.07) is 10.3. The molecule has 1 aromatic carbocycles. The third kappa shape index (κ3) is 5.61. The smallest absolute Gasteiger partial charge is 0.317 e. The number of benzene rings is 1. The van der Waals surface area contributed by atoms with Crippen molar-refractivity contribution < 1.29 is 18.0 Å². The monoisotopic (exact) mass is 571 g/mol. The molecule has 5 rings (SSSR count). The lowest BCUT2D eigenvalue weighted by Crippen LogP contribution is -2.62. The first kappa shape index (κ1) is 28.8. The molecule has 39 heavy (non-hydrogen) atoms. The Bertz CT molecular complexity index is 1350. The van der Waals surface area contributed by atoms with Crippen LogP contribution in [0.15, 0.2) is 63.8 Å². The third-order valence-corrected chi connectivity index (χ3v) is 10.3. The van der Waals surface area contributed by atoms with Gasteiger partial charge in [0.2, 0.25) is 5.91 Å². The molecule has 11 heteroatoms. The molecule has 1 aromatic heterocycles. The van der Waals surface area contributed by atoms with Crippen LogP contribution in [0.3, 0.4) is 0 Å². The van der Waals surface area contributed by atoms with Gasteiger partial charge in [0, 0.05) is 49.7 Å². The van der Waals surface area contributed by atoms with Gasteiger partial charge in [-0.05, 0) is 49.4 Å². The first-order valence-electron chi connectivity index (χ1n) is 13.5. The fourth-order valence-electron chi connectivity index (χ4n) is 5.32. The van der Waals surface area contributed by atoms with Crippen LogP contribution in [0, 0.1) is 0 Å². The molecule has 1 saturated heterocycles. The van der Waals surface area contributed by atoms with E-state index in [-0.39, 0.29) is 35.9 Å². The van der Waals surface area contributed by atoms with Gasteiger partial charge in [-0.3, -0.25) is 4.79 Å². The predicted octanol–water partition coefficient (Wildman–Crippen LogP) is 3.87. The maximum Gasteiger partial charge on any atom is 0.317 e. The number of urea groups is 1. The third-order valence-electron chi connectivity index (χ3n) is 7.05. The highest BCUT2D eigenvalue weighted by Gasteiger charge is 2.42. The van der Waals surface area contributed by atoms with Gasteiger partial charge in [0.25, 0.3) is 10.0 Å². The van der Waals surface area contributed by atoms with Crippen molar-refractivity contribution in [3.8, 4) is 0 Å². The minimum atomic E-state index is -3.89. The molecule has 2 aromatic rings. The van der Waals surface area contributed by atoms with Gasteiger partial charge in [-0.1, -0.05) is 44.2 Å². The zero-order chi connectivity index (χ0) is 28.2. The molecule has 3 heterocycles. The van der Waals surface area contributed by atoms with Gasteiger partial charge in [0.1, 0.15) is 10.3 Å². The number of nitrogens with zero attached hydrogens (tertiary/aromatic N) is 3. The first-order valence-corrected chi connectivity index (χ1v) is 15.8. The van der Waals surface area contributed by atoms with Gasteiger partial charge in [-0.15, -0.1) is 11.3 Å². The van der Waals surface area contributed by atoms with E-state index < -0.39 is 22.0 Å². The molecule has 210 valence electrons. The number of fused-ring (bicyclic) bond motifs is 3. The van der Waals surface area contributed by atoms with Crippen LogP contribution in [-0.2, 0) is 14.8 Å². The number of amides is 3. The van der Waals surface area contributed by atoms with E-state index in [2.05, 4.69) is 34.6 Å². The van der Waals surface area contributed by atoms with Gasteiger partial charge in [0.15, 0.2) is 0 Å². The second-order valence-electron chi connectivity index (χ2n) is 9.15. The molecule has 2 unspecified atom stereocenters. The topological polar surface area (TPSA) is 102 Å². The number of carbonyl (C=O) groups is 2. The maximum atomic E-state index is 13.6. The molecule has 1 aliphatic carbocycles. The van der Waals surface area contributed by atoms with E-state index in [1.807, 2.05) is 45.1 Å². The Morgan fingerprint density at radius 3 is 2.54 bits per heavy atom. The van der Waals surface area contributed by atoms with Crippen molar-refractivity contribution in [3.05, 3.63) is 65.2 Å². The number of thiophene rings is 1. The Hall–Kier alpha value is -3.15. The van der Waals surface area contributed by atoms with Crippen molar-refractivity contribution in [1.82, 2.24) is 19.8 Å². The lowest BCUT2D eigenvalue weighted by Gasteiger charge is -2.39. The molecule has 2 N–H and O–H groups in total. The fraction of sp³-hybridized carbons (Fsp3) is 0.429. The molecule has 3 aliphatic rings. The van der Waals surface area contributed by atoms with Crippen molar-refractivity contribution in [2.75, 3.05) is 37.6 Å². The second kappa shape index (κ2) is 12.4. The number of hydrogen-bond donors (Lipinski definition) is 2. The molecule has 0 spiro atoms. The van der Waals surface area contributed by atoms with E-state index >= 15 is 0 Å².